The van der Waals surface area contributed by atoms with Crippen LogP contribution in [0.3, 0.4) is 0 Å². The topological polar surface area (TPSA) is 64.0 Å². The number of amides is 1. The van der Waals surface area contributed by atoms with Crippen LogP contribution in [0.4, 0.5) is 4.39 Å². The predicted molar refractivity (Wildman–Crippen MR) is 97.0 cm³/mol. The Bertz CT molecular complexity index is 604. The summed E-state index contributed by atoms with van der Waals surface area (Å²) >= 11 is 0. The number of nitrogens with zero attached hydrogens (tertiary/aromatic N) is 2. The molecule has 1 amide bonds. The Morgan fingerprint density at radius 3 is 2.42 bits per heavy atom. The number of hydrogen-bond donors (Lipinski definition) is 2. The molecule has 0 radical (unpaired) electrons. The fourth-order valence-corrected chi connectivity index (χ4v) is 4.16. The number of hydrogen-bond acceptors (Lipinski definition) is 4. The first-order valence-corrected chi connectivity index (χ1v) is 9.56. The summed E-state index contributed by atoms with van der Waals surface area (Å²) in [5.74, 6) is 0.310. The third-order valence-corrected chi connectivity index (χ3v) is 5.92. The fraction of sp³-hybridized carbons (Fsp3) is 0.650. The van der Waals surface area contributed by atoms with Crippen molar-refractivity contribution in [3.63, 3.8) is 0 Å². The molecule has 2 aliphatic heterocycles. The van der Waals surface area contributed by atoms with Crippen LogP contribution in [0.25, 0.3) is 0 Å². The van der Waals surface area contributed by atoms with Crippen molar-refractivity contribution >= 4 is 5.91 Å². The second-order valence-corrected chi connectivity index (χ2v) is 7.70. The summed E-state index contributed by atoms with van der Waals surface area (Å²) in [5, 5.41) is 19.0. The number of rotatable bonds is 6. The summed E-state index contributed by atoms with van der Waals surface area (Å²) in [5.41, 5.74) is 0.424. The highest BCUT2D eigenvalue weighted by molar-refractivity contribution is 5.79. The van der Waals surface area contributed by atoms with E-state index in [0.29, 0.717) is 24.6 Å². The van der Waals surface area contributed by atoms with E-state index < -0.39 is 0 Å². The molecule has 26 heavy (non-hydrogen) atoms. The molecule has 0 spiro atoms. The van der Waals surface area contributed by atoms with Crippen LogP contribution in [0, 0.1) is 23.6 Å². The molecule has 1 aromatic rings. The van der Waals surface area contributed by atoms with E-state index in [-0.39, 0.29) is 43.2 Å². The number of piperidine rings is 1. The normalized spacial score (nSPS) is 25.0. The van der Waals surface area contributed by atoms with Gasteiger partial charge < -0.3 is 20.0 Å². The molecule has 0 aromatic heterocycles. The molecule has 0 aliphatic carbocycles. The summed E-state index contributed by atoms with van der Waals surface area (Å²) in [4.78, 5) is 16.7. The highest BCUT2D eigenvalue weighted by Crippen LogP contribution is 2.27. The van der Waals surface area contributed by atoms with Crippen LogP contribution in [0.5, 0.6) is 0 Å². The predicted octanol–water partition coefficient (Wildman–Crippen LogP) is 1.14. The number of aliphatic hydroxyl groups is 2. The fourth-order valence-electron chi connectivity index (χ4n) is 4.16. The summed E-state index contributed by atoms with van der Waals surface area (Å²) in [6.45, 7) is 4.29. The van der Waals surface area contributed by atoms with Crippen molar-refractivity contribution in [3.05, 3.63) is 35.6 Å². The van der Waals surface area contributed by atoms with Crippen LogP contribution in [0.2, 0.25) is 0 Å². The minimum absolute atomic E-state index is 0.0689. The van der Waals surface area contributed by atoms with E-state index in [4.69, 9.17) is 0 Å². The van der Waals surface area contributed by atoms with E-state index in [1.165, 1.54) is 6.07 Å². The number of aliphatic hydroxyl groups excluding tert-OH is 2. The van der Waals surface area contributed by atoms with Gasteiger partial charge in [-0.25, -0.2) is 4.39 Å². The van der Waals surface area contributed by atoms with Crippen molar-refractivity contribution in [2.45, 2.75) is 19.3 Å². The van der Waals surface area contributed by atoms with Gasteiger partial charge in [-0.2, -0.15) is 0 Å². The van der Waals surface area contributed by atoms with E-state index in [1.54, 1.807) is 23.1 Å². The largest absolute Gasteiger partial charge is 0.396 e. The van der Waals surface area contributed by atoms with Gasteiger partial charge in [-0.15, -0.1) is 0 Å². The zero-order chi connectivity index (χ0) is 18.5. The average molecular weight is 364 g/mol. The Morgan fingerprint density at radius 2 is 1.77 bits per heavy atom. The van der Waals surface area contributed by atoms with Crippen LogP contribution in [0.15, 0.2) is 24.3 Å². The lowest BCUT2D eigenvalue weighted by Gasteiger charge is -2.33. The van der Waals surface area contributed by atoms with Crippen molar-refractivity contribution in [2.75, 3.05) is 45.9 Å². The molecule has 5 nitrogen and oxygen atoms in total. The molecule has 1 aromatic carbocycles. The van der Waals surface area contributed by atoms with Gasteiger partial charge in [0.1, 0.15) is 5.82 Å². The number of likely N-dealkylation sites (tertiary alicyclic amines) is 2. The summed E-state index contributed by atoms with van der Waals surface area (Å²) < 4.78 is 13.8. The molecule has 2 aliphatic rings. The Kier molecular flexibility index (Phi) is 6.62. The van der Waals surface area contributed by atoms with E-state index in [1.807, 2.05) is 0 Å². The molecule has 2 atom stereocenters. The maximum absolute atomic E-state index is 13.8. The highest BCUT2D eigenvalue weighted by Gasteiger charge is 2.36. The van der Waals surface area contributed by atoms with E-state index in [9.17, 15) is 19.4 Å². The lowest BCUT2D eigenvalue weighted by Crippen LogP contribution is -2.40. The van der Waals surface area contributed by atoms with Crippen LogP contribution < -0.4 is 0 Å². The van der Waals surface area contributed by atoms with Crippen molar-refractivity contribution < 1.29 is 19.4 Å². The molecule has 2 N–H and O–H groups in total. The van der Waals surface area contributed by atoms with Crippen LogP contribution in [-0.2, 0) is 11.2 Å². The lowest BCUT2D eigenvalue weighted by atomic mass is 9.93. The summed E-state index contributed by atoms with van der Waals surface area (Å²) in [7, 11) is 0. The maximum atomic E-state index is 13.8. The smallest absolute Gasteiger partial charge is 0.227 e. The third-order valence-electron chi connectivity index (χ3n) is 5.92. The minimum atomic E-state index is -0.345. The van der Waals surface area contributed by atoms with Gasteiger partial charge in [0.05, 0.1) is 6.42 Å². The minimum Gasteiger partial charge on any atom is -0.396 e. The maximum Gasteiger partial charge on any atom is 0.227 e. The van der Waals surface area contributed by atoms with Gasteiger partial charge in [-0.1, -0.05) is 18.2 Å². The summed E-state index contributed by atoms with van der Waals surface area (Å²) in [6.07, 6.45) is 2.07. The second kappa shape index (κ2) is 8.93. The van der Waals surface area contributed by atoms with E-state index in [0.717, 1.165) is 32.5 Å². The molecule has 0 bridgehead atoms. The van der Waals surface area contributed by atoms with Gasteiger partial charge in [-0.05, 0) is 49.4 Å². The standard InChI is InChI=1S/C20H29FN2O3/c21-19-4-2-1-3-16(19)9-20(26)23-11-17(18(12-23)14-25)10-22-7-5-15(13-24)6-8-22/h1-4,15,17-18,24-25H,5-14H2/t17-,18-/m1/s1. The zero-order valence-electron chi connectivity index (χ0n) is 15.2. The van der Waals surface area contributed by atoms with Crippen LogP contribution in [-0.4, -0.2) is 71.9 Å². The van der Waals surface area contributed by atoms with Gasteiger partial charge in [0.15, 0.2) is 0 Å². The number of carbonyl (C=O) groups excluding carboxylic acids is 1. The summed E-state index contributed by atoms with van der Waals surface area (Å²) in [6, 6.07) is 6.39. The Labute approximate surface area is 154 Å². The molecule has 0 unspecified atom stereocenters. The monoisotopic (exact) mass is 364 g/mol. The molecule has 144 valence electrons. The molecule has 3 rings (SSSR count). The quantitative estimate of drug-likeness (QED) is 0.795. The number of halogens is 1. The van der Waals surface area contributed by atoms with Gasteiger partial charge in [0.25, 0.3) is 0 Å². The zero-order valence-corrected chi connectivity index (χ0v) is 15.2. The molecule has 2 fully saturated rings. The average Bonchev–Trinajstić information content (AvgIpc) is 3.07. The van der Waals surface area contributed by atoms with Crippen LogP contribution in [0.1, 0.15) is 18.4 Å². The first kappa shape index (κ1) is 19.3. The van der Waals surface area contributed by atoms with E-state index >= 15 is 0 Å². The molecule has 2 saturated heterocycles. The lowest BCUT2D eigenvalue weighted by molar-refractivity contribution is -0.129. The second-order valence-electron chi connectivity index (χ2n) is 7.70. The van der Waals surface area contributed by atoms with Gasteiger partial charge in [0, 0.05) is 38.8 Å². The van der Waals surface area contributed by atoms with E-state index in [2.05, 4.69) is 4.90 Å². The van der Waals surface area contributed by atoms with Gasteiger partial charge in [-0.3, -0.25) is 4.79 Å². The molecular formula is C20H29FN2O3. The first-order valence-electron chi connectivity index (χ1n) is 9.56. The Balaban J connectivity index is 1.55. The SMILES string of the molecule is O=C(Cc1ccccc1F)N1C[C@@H](CN2CCC(CO)CC2)[C@@H](CO)C1. The van der Waals surface area contributed by atoms with Crippen molar-refractivity contribution in [1.29, 1.82) is 0 Å². The van der Waals surface area contributed by atoms with Crippen LogP contribution >= 0.6 is 0 Å². The Morgan fingerprint density at radius 1 is 1.08 bits per heavy atom. The first-order chi connectivity index (χ1) is 12.6. The molecule has 0 saturated carbocycles. The number of carbonyl (C=O) groups is 1. The van der Waals surface area contributed by atoms with Gasteiger partial charge in [0.2, 0.25) is 5.91 Å². The van der Waals surface area contributed by atoms with Crippen molar-refractivity contribution in [1.82, 2.24) is 9.80 Å². The molecular weight excluding hydrogens is 335 g/mol. The Hall–Kier alpha value is -1.50. The third kappa shape index (κ3) is 4.61. The molecule has 6 heteroatoms. The van der Waals surface area contributed by atoms with Crippen molar-refractivity contribution in [3.8, 4) is 0 Å². The van der Waals surface area contributed by atoms with Gasteiger partial charge >= 0.3 is 0 Å². The highest BCUT2D eigenvalue weighted by atomic mass is 19.1. The number of benzene rings is 1. The van der Waals surface area contributed by atoms with Crippen molar-refractivity contribution in [2.24, 2.45) is 17.8 Å². The molecule has 2 heterocycles.